The summed E-state index contributed by atoms with van der Waals surface area (Å²) in [4.78, 5) is 23.2. The van der Waals surface area contributed by atoms with Gasteiger partial charge in [0.05, 0.1) is 0 Å². The first-order valence-corrected chi connectivity index (χ1v) is 7.81. The predicted octanol–water partition coefficient (Wildman–Crippen LogP) is 1.12. The van der Waals surface area contributed by atoms with Gasteiger partial charge in [-0.3, -0.25) is 9.59 Å². The zero-order valence-electron chi connectivity index (χ0n) is 12.7. The first-order chi connectivity index (χ1) is 9.35. The summed E-state index contributed by atoms with van der Waals surface area (Å²) in [6, 6.07) is 0. The molecule has 0 bridgehead atoms. The Hall–Kier alpha value is -0.750. The highest BCUT2D eigenvalue weighted by molar-refractivity contribution is 7.80. The molecule has 0 radical (unpaired) electrons. The summed E-state index contributed by atoms with van der Waals surface area (Å²) in [7, 11) is 0. The molecule has 0 saturated carbocycles. The number of aliphatic hydroxyl groups is 1. The van der Waals surface area contributed by atoms with Crippen LogP contribution in [0.5, 0.6) is 0 Å². The molecule has 0 saturated heterocycles. The number of carbonyl (C=O) groups is 2. The SMILES string of the molecule is CCCCC(C)(C)[C@@H](O)C(=O)NCCC(=O)NCCS. The van der Waals surface area contributed by atoms with Crippen LogP contribution in [0.4, 0.5) is 0 Å². The highest BCUT2D eigenvalue weighted by Gasteiger charge is 2.32. The molecular weight excluding hydrogens is 276 g/mol. The highest BCUT2D eigenvalue weighted by Crippen LogP contribution is 2.27. The van der Waals surface area contributed by atoms with Crippen LogP contribution < -0.4 is 10.6 Å². The molecule has 2 amide bonds. The maximum absolute atomic E-state index is 11.8. The molecule has 20 heavy (non-hydrogen) atoms. The average molecular weight is 304 g/mol. The van der Waals surface area contributed by atoms with E-state index in [1.165, 1.54) is 0 Å². The van der Waals surface area contributed by atoms with Crippen LogP contribution in [0.3, 0.4) is 0 Å². The monoisotopic (exact) mass is 304 g/mol. The van der Waals surface area contributed by atoms with Crippen molar-refractivity contribution < 1.29 is 14.7 Å². The van der Waals surface area contributed by atoms with E-state index in [1.807, 2.05) is 13.8 Å². The van der Waals surface area contributed by atoms with Crippen LogP contribution in [0.25, 0.3) is 0 Å². The van der Waals surface area contributed by atoms with Gasteiger partial charge in [-0.05, 0) is 11.8 Å². The number of thiol groups is 1. The van der Waals surface area contributed by atoms with E-state index in [0.717, 1.165) is 19.3 Å². The molecule has 0 aromatic rings. The topological polar surface area (TPSA) is 78.4 Å². The third kappa shape index (κ3) is 7.75. The smallest absolute Gasteiger partial charge is 0.249 e. The Bertz CT molecular complexity index is 309. The Balaban J connectivity index is 4.04. The second-order valence-corrected chi connectivity index (χ2v) is 6.06. The van der Waals surface area contributed by atoms with Crippen LogP contribution in [0.1, 0.15) is 46.5 Å². The van der Waals surface area contributed by atoms with Crippen LogP contribution in [0, 0.1) is 5.41 Å². The lowest BCUT2D eigenvalue weighted by atomic mass is 9.81. The molecule has 0 fully saturated rings. The van der Waals surface area contributed by atoms with Crippen molar-refractivity contribution in [2.45, 2.75) is 52.6 Å². The van der Waals surface area contributed by atoms with E-state index in [-0.39, 0.29) is 18.9 Å². The van der Waals surface area contributed by atoms with Crippen molar-refractivity contribution >= 4 is 24.4 Å². The van der Waals surface area contributed by atoms with E-state index in [9.17, 15) is 14.7 Å². The largest absolute Gasteiger partial charge is 0.383 e. The minimum atomic E-state index is -1.05. The van der Waals surface area contributed by atoms with Crippen LogP contribution in [0.15, 0.2) is 0 Å². The van der Waals surface area contributed by atoms with E-state index < -0.39 is 17.4 Å². The first-order valence-electron chi connectivity index (χ1n) is 7.18. The molecule has 5 nitrogen and oxygen atoms in total. The van der Waals surface area contributed by atoms with Gasteiger partial charge >= 0.3 is 0 Å². The van der Waals surface area contributed by atoms with Crippen molar-refractivity contribution in [1.29, 1.82) is 0 Å². The zero-order valence-corrected chi connectivity index (χ0v) is 13.6. The van der Waals surface area contributed by atoms with Crippen LogP contribution in [-0.4, -0.2) is 41.9 Å². The minimum Gasteiger partial charge on any atom is -0.383 e. The van der Waals surface area contributed by atoms with Gasteiger partial charge < -0.3 is 15.7 Å². The van der Waals surface area contributed by atoms with Crippen molar-refractivity contribution in [2.75, 3.05) is 18.8 Å². The van der Waals surface area contributed by atoms with Gasteiger partial charge in [0.15, 0.2) is 0 Å². The Kier molecular flexibility index (Phi) is 9.67. The third-order valence-corrected chi connectivity index (χ3v) is 3.47. The van der Waals surface area contributed by atoms with Crippen molar-refractivity contribution in [2.24, 2.45) is 5.41 Å². The third-order valence-electron chi connectivity index (χ3n) is 3.25. The summed E-state index contributed by atoms with van der Waals surface area (Å²) in [6.07, 6.45) is 1.96. The molecule has 0 aliphatic heterocycles. The quantitative estimate of drug-likeness (QED) is 0.457. The molecule has 0 aromatic carbocycles. The molecule has 0 heterocycles. The molecule has 0 rings (SSSR count). The lowest BCUT2D eigenvalue weighted by Gasteiger charge is -2.29. The maximum atomic E-state index is 11.8. The number of aliphatic hydroxyl groups excluding tert-OH is 1. The van der Waals surface area contributed by atoms with E-state index >= 15 is 0 Å². The standard InChI is InChI=1S/C14H28N2O3S/c1-4-5-7-14(2,3)12(18)13(19)16-8-6-11(17)15-9-10-20/h12,18,20H,4-10H2,1-3H3,(H,15,17)(H,16,19)/t12-/m0/s1. The van der Waals surface area contributed by atoms with Gasteiger partial charge in [-0.15, -0.1) is 0 Å². The normalized spacial score (nSPS) is 12.8. The molecule has 0 aromatic heterocycles. The predicted molar refractivity (Wildman–Crippen MR) is 83.8 cm³/mol. The van der Waals surface area contributed by atoms with Crippen LogP contribution in [-0.2, 0) is 9.59 Å². The van der Waals surface area contributed by atoms with Gasteiger partial charge in [0.25, 0.3) is 0 Å². The number of hydrogen-bond donors (Lipinski definition) is 4. The summed E-state index contributed by atoms with van der Waals surface area (Å²) in [5.74, 6) is 0.0507. The molecule has 0 aliphatic rings. The van der Waals surface area contributed by atoms with Gasteiger partial charge in [0, 0.05) is 25.3 Å². The summed E-state index contributed by atoms with van der Waals surface area (Å²) < 4.78 is 0. The van der Waals surface area contributed by atoms with Crippen LogP contribution >= 0.6 is 12.6 Å². The number of nitrogens with one attached hydrogen (secondary N) is 2. The van der Waals surface area contributed by atoms with E-state index in [1.54, 1.807) is 0 Å². The van der Waals surface area contributed by atoms with E-state index in [4.69, 9.17) is 0 Å². The van der Waals surface area contributed by atoms with Crippen molar-refractivity contribution in [1.82, 2.24) is 10.6 Å². The lowest BCUT2D eigenvalue weighted by molar-refractivity contribution is -0.135. The fourth-order valence-electron chi connectivity index (χ4n) is 1.80. The second-order valence-electron chi connectivity index (χ2n) is 5.61. The molecule has 6 heteroatoms. The maximum Gasteiger partial charge on any atom is 0.249 e. The Labute approximate surface area is 127 Å². The summed E-state index contributed by atoms with van der Waals surface area (Å²) in [6.45, 7) is 6.59. The van der Waals surface area contributed by atoms with Gasteiger partial charge in [-0.1, -0.05) is 33.6 Å². The molecule has 0 unspecified atom stereocenters. The fourth-order valence-corrected chi connectivity index (χ4v) is 1.92. The van der Waals surface area contributed by atoms with E-state index in [0.29, 0.717) is 12.3 Å². The Morgan fingerprint density at radius 1 is 1.25 bits per heavy atom. The Morgan fingerprint density at radius 2 is 1.90 bits per heavy atom. The molecule has 3 N–H and O–H groups in total. The molecule has 0 aliphatic carbocycles. The molecule has 118 valence electrons. The highest BCUT2D eigenvalue weighted by atomic mass is 32.1. The van der Waals surface area contributed by atoms with Crippen molar-refractivity contribution in [3.63, 3.8) is 0 Å². The number of unbranched alkanes of at least 4 members (excludes halogenated alkanes) is 1. The molecule has 0 spiro atoms. The van der Waals surface area contributed by atoms with Gasteiger partial charge in [0.1, 0.15) is 6.10 Å². The van der Waals surface area contributed by atoms with Gasteiger partial charge in [-0.25, -0.2) is 0 Å². The first kappa shape index (κ1) is 19.2. The number of carbonyl (C=O) groups excluding carboxylic acids is 2. The summed E-state index contributed by atoms with van der Waals surface area (Å²) >= 11 is 3.99. The lowest BCUT2D eigenvalue weighted by Crippen LogP contribution is -2.44. The van der Waals surface area contributed by atoms with Crippen molar-refractivity contribution in [3.05, 3.63) is 0 Å². The van der Waals surface area contributed by atoms with E-state index in [2.05, 4.69) is 30.2 Å². The summed E-state index contributed by atoms with van der Waals surface area (Å²) in [5.41, 5.74) is -0.450. The number of amides is 2. The number of rotatable bonds is 10. The zero-order chi connectivity index (χ0) is 15.6. The molecule has 1 atom stereocenters. The van der Waals surface area contributed by atoms with Crippen LogP contribution in [0.2, 0.25) is 0 Å². The minimum absolute atomic E-state index is 0.126. The average Bonchev–Trinajstić information content (AvgIpc) is 2.41. The summed E-state index contributed by atoms with van der Waals surface area (Å²) in [5, 5.41) is 15.3. The number of hydrogen-bond acceptors (Lipinski definition) is 4. The van der Waals surface area contributed by atoms with Crippen molar-refractivity contribution in [3.8, 4) is 0 Å². The fraction of sp³-hybridized carbons (Fsp3) is 0.857. The molecular formula is C14H28N2O3S. The van der Waals surface area contributed by atoms with Gasteiger partial charge in [-0.2, -0.15) is 12.6 Å². The second kappa shape index (κ2) is 10.0. The van der Waals surface area contributed by atoms with Gasteiger partial charge in [0.2, 0.25) is 11.8 Å². The Morgan fingerprint density at radius 3 is 2.45 bits per heavy atom.